The van der Waals surface area contributed by atoms with E-state index in [1.165, 1.54) is 6.21 Å². The molecule has 0 saturated carbocycles. The third kappa shape index (κ3) is 4.09. The summed E-state index contributed by atoms with van der Waals surface area (Å²) >= 11 is 12.4. The zero-order valence-electron chi connectivity index (χ0n) is 13.0. The maximum atomic E-state index is 8.58. The molecule has 0 heterocycles. The normalized spacial score (nSPS) is 11.2. The molecule has 122 valence electrons. The predicted octanol–water partition coefficient (Wildman–Crippen LogP) is 5.73. The fourth-order valence-corrected chi connectivity index (χ4v) is 2.74. The van der Waals surface area contributed by atoms with Crippen molar-refractivity contribution in [3.8, 4) is 17.2 Å². The minimum Gasteiger partial charge on any atom is -0.496 e. The van der Waals surface area contributed by atoms with Crippen LogP contribution in [0.15, 0.2) is 35.5 Å². The fourth-order valence-electron chi connectivity index (χ4n) is 2.16. The molecule has 6 heteroatoms. The van der Waals surface area contributed by atoms with Gasteiger partial charge in [-0.15, -0.1) is 0 Å². The highest BCUT2D eigenvalue weighted by molar-refractivity contribution is 6.37. The summed E-state index contributed by atoms with van der Waals surface area (Å²) in [5, 5.41) is 12.2. The molecule has 0 aromatic heterocycles. The summed E-state index contributed by atoms with van der Waals surface area (Å²) < 4.78 is 11.2. The summed E-state index contributed by atoms with van der Waals surface area (Å²) in [4.78, 5) is 0. The molecule has 2 aromatic carbocycles. The van der Waals surface area contributed by atoms with Crippen molar-refractivity contribution in [1.82, 2.24) is 0 Å². The number of ether oxygens (including phenoxy) is 2. The number of oxime groups is 1. The van der Waals surface area contributed by atoms with Crippen LogP contribution < -0.4 is 9.47 Å². The van der Waals surface area contributed by atoms with Crippen LogP contribution in [0.2, 0.25) is 10.0 Å². The van der Waals surface area contributed by atoms with E-state index >= 15 is 0 Å². The van der Waals surface area contributed by atoms with Gasteiger partial charge >= 0.3 is 0 Å². The average molecular weight is 354 g/mol. The molecule has 0 unspecified atom stereocenters. The van der Waals surface area contributed by atoms with Crippen LogP contribution >= 0.6 is 23.2 Å². The largest absolute Gasteiger partial charge is 0.496 e. The van der Waals surface area contributed by atoms with Crippen molar-refractivity contribution in [2.75, 3.05) is 7.11 Å². The van der Waals surface area contributed by atoms with Crippen LogP contribution in [-0.4, -0.2) is 18.5 Å². The van der Waals surface area contributed by atoms with Gasteiger partial charge in [-0.1, -0.05) is 42.2 Å². The molecule has 0 aliphatic heterocycles. The lowest BCUT2D eigenvalue weighted by Crippen LogP contribution is -1.96. The second-order valence-electron chi connectivity index (χ2n) is 5.22. The lowest BCUT2D eigenvalue weighted by molar-refractivity contribution is 0.322. The van der Waals surface area contributed by atoms with Crippen molar-refractivity contribution in [2.24, 2.45) is 5.16 Å². The van der Waals surface area contributed by atoms with E-state index < -0.39 is 0 Å². The molecular weight excluding hydrogens is 337 g/mol. The molecule has 0 spiro atoms. The summed E-state index contributed by atoms with van der Waals surface area (Å²) in [6, 6.07) is 8.75. The van der Waals surface area contributed by atoms with Gasteiger partial charge in [0.1, 0.15) is 11.5 Å². The Bertz CT molecular complexity index is 707. The minimum atomic E-state index is 0.280. The summed E-state index contributed by atoms with van der Waals surface area (Å²) in [6.45, 7) is 4.15. The van der Waals surface area contributed by atoms with Gasteiger partial charge in [0, 0.05) is 5.56 Å². The molecule has 0 radical (unpaired) electrons. The topological polar surface area (TPSA) is 51.0 Å². The van der Waals surface area contributed by atoms with E-state index in [4.69, 9.17) is 37.9 Å². The SMILES string of the molecule is COc1ccc(Oc2c(Cl)cc(C=NO)cc2Cl)cc1C(C)C. The number of methoxy groups -OCH3 is 1. The number of rotatable bonds is 5. The zero-order valence-corrected chi connectivity index (χ0v) is 14.5. The molecule has 2 aromatic rings. The van der Waals surface area contributed by atoms with E-state index in [1.807, 2.05) is 12.1 Å². The average Bonchev–Trinajstić information content (AvgIpc) is 2.51. The number of halogens is 2. The number of nitrogens with zero attached hydrogens (tertiary/aromatic N) is 1. The van der Waals surface area contributed by atoms with E-state index in [0.717, 1.165) is 11.3 Å². The van der Waals surface area contributed by atoms with Gasteiger partial charge in [-0.05, 0) is 41.8 Å². The van der Waals surface area contributed by atoms with Gasteiger partial charge in [0.25, 0.3) is 0 Å². The van der Waals surface area contributed by atoms with Gasteiger partial charge in [0.15, 0.2) is 5.75 Å². The lowest BCUT2D eigenvalue weighted by atomic mass is 10.0. The van der Waals surface area contributed by atoms with Crippen LogP contribution in [0.1, 0.15) is 30.9 Å². The molecule has 0 fully saturated rings. The molecule has 0 saturated heterocycles. The minimum absolute atomic E-state index is 0.280. The summed E-state index contributed by atoms with van der Waals surface area (Å²) in [5.74, 6) is 2.05. The molecular formula is C17H17Cl2NO3. The van der Waals surface area contributed by atoms with Gasteiger partial charge in [0.05, 0.1) is 23.4 Å². The van der Waals surface area contributed by atoms with Gasteiger partial charge in [0.2, 0.25) is 0 Å². The van der Waals surface area contributed by atoms with Crippen molar-refractivity contribution in [3.05, 3.63) is 51.5 Å². The molecule has 23 heavy (non-hydrogen) atoms. The Morgan fingerprint density at radius 3 is 2.30 bits per heavy atom. The second kappa shape index (κ2) is 7.57. The molecule has 0 aliphatic rings. The van der Waals surface area contributed by atoms with E-state index in [9.17, 15) is 0 Å². The van der Waals surface area contributed by atoms with Crippen LogP contribution in [0.3, 0.4) is 0 Å². The van der Waals surface area contributed by atoms with Gasteiger partial charge in [-0.3, -0.25) is 0 Å². The van der Waals surface area contributed by atoms with E-state index in [-0.39, 0.29) is 5.92 Å². The first-order valence-corrected chi connectivity index (χ1v) is 7.74. The van der Waals surface area contributed by atoms with Gasteiger partial charge in [-0.25, -0.2) is 0 Å². The van der Waals surface area contributed by atoms with Crippen LogP contribution in [0.5, 0.6) is 17.2 Å². The van der Waals surface area contributed by atoms with Crippen LogP contribution in [0.4, 0.5) is 0 Å². The standard InChI is InChI=1S/C17H17Cl2NO3/c1-10(2)13-8-12(4-5-16(13)22-3)23-17-14(18)6-11(9-20-21)7-15(17)19/h4-10,21H,1-3H3. The number of benzene rings is 2. The van der Waals surface area contributed by atoms with Gasteiger partial charge < -0.3 is 14.7 Å². The quantitative estimate of drug-likeness (QED) is 0.424. The molecule has 4 nitrogen and oxygen atoms in total. The van der Waals surface area contributed by atoms with Crippen molar-refractivity contribution in [2.45, 2.75) is 19.8 Å². The van der Waals surface area contributed by atoms with E-state index in [0.29, 0.717) is 27.1 Å². The zero-order chi connectivity index (χ0) is 17.0. The first-order valence-electron chi connectivity index (χ1n) is 6.98. The third-order valence-corrected chi connectivity index (χ3v) is 3.83. The fraction of sp³-hybridized carbons (Fsp3) is 0.235. The molecule has 0 amide bonds. The first-order chi connectivity index (χ1) is 11.0. The van der Waals surface area contributed by atoms with Crippen LogP contribution in [0, 0.1) is 0 Å². The van der Waals surface area contributed by atoms with E-state index in [2.05, 4.69) is 19.0 Å². The Balaban J connectivity index is 2.38. The highest BCUT2D eigenvalue weighted by atomic mass is 35.5. The molecule has 1 N–H and O–H groups in total. The Morgan fingerprint density at radius 1 is 1.13 bits per heavy atom. The van der Waals surface area contributed by atoms with Crippen molar-refractivity contribution < 1.29 is 14.7 Å². The van der Waals surface area contributed by atoms with Gasteiger partial charge in [-0.2, -0.15) is 0 Å². The van der Waals surface area contributed by atoms with Crippen molar-refractivity contribution in [3.63, 3.8) is 0 Å². The first kappa shape index (κ1) is 17.4. The summed E-state index contributed by atoms with van der Waals surface area (Å²) in [7, 11) is 1.64. The summed E-state index contributed by atoms with van der Waals surface area (Å²) in [6.07, 6.45) is 1.24. The molecule has 2 rings (SSSR count). The Morgan fingerprint density at radius 2 is 1.78 bits per heavy atom. The maximum absolute atomic E-state index is 8.58. The predicted molar refractivity (Wildman–Crippen MR) is 93.0 cm³/mol. The molecule has 0 bridgehead atoms. The van der Waals surface area contributed by atoms with Crippen molar-refractivity contribution in [1.29, 1.82) is 0 Å². The smallest absolute Gasteiger partial charge is 0.164 e. The van der Waals surface area contributed by atoms with E-state index in [1.54, 1.807) is 25.3 Å². The van der Waals surface area contributed by atoms with Crippen LogP contribution in [-0.2, 0) is 0 Å². The Kier molecular flexibility index (Phi) is 5.74. The highest BCUT2D eigenvalue weighted by Gasteiger charge is 2.13. The lowest BCUT2D eigenvalue weighted by Gasteiger charge is -2.15. The highest BCUT2D eigenvalue weighted by Crippen LogP contribution is 2.39. The van der Waals surface area contributed by atoms with Crippen LogP contribution in [0.25, 0.3) is 0 Å². The summed E-state index contributed by atoms with van der Waals surface area (Å²) in [5.41, 5.74) is 1.61. The monoisotopic (exact) mass is 353 g/mol. The number of hydrogen-bond donors (Lipinski definition) is 1. The Hall–Kier alpha value is -1.91. The molecule has 0 atom stereocenters. The number of hydrogen-bond acceptors (Lipinski definition) is 4. The maximum Gasteiger partial charge on any atom is 0.164 e. The third-order valence-electron chi connectivity index (χ3n) is 3.27. The Labute approximate surface area is 145 Å². The second-order valence-corrected chi connectivity index (χ2v) is 6.03. The molecule has 0 aliphatic carbocycles. The van der Waals surface area contributed by atoms with Crippen molar-refractivity contribution >= 4 is 29.4 Å².